The lowest BCUT2D eigenvalue weighted by Gasteiger charge is -2.39. The van der Waals surface area contributed by atoms with E-state index in [1.807, 2.05) is 26.0 Å². The van der Waals surface area contributed by atoms with E-state index >= 15 is 0 Å². The summed E-state index contributed by atoms with van der Waals surface area (Å²) in [7, 11) is 0. The number of morpholine rings is 1. The fraction of sp³-hybridized carbons (Fsp3) is 0.519. The maximum atomic E-state index is 14.4. The van der Waals surface area contributed by atoms with Crippen molar-refractivity contribution in [3.05, 3.63) is 46.1 Å². The first kappa shape index (κ1) is 26.4. The van der Waals surface area contributed by atoms with Crippen molar-refractivity contribution in [3.63, 3.8) is 0 Å². The third-order valence-corrected chi connectivity index (χ3v) is 7.73. The van der Waals surface area contributed by atoms with Crippen LogP contribution in [0.2, 0.25) is 0 Å². The lowest BCUT2D eigenvalue weighted by atomic mass is 9.78. The number of aromatic amines is 1. The molecule has 0 amide bonds. The van der Waals surface area contributed by atoms with E-state index in [1.54, 1.807) is 13.0 Å². The number of anilines is 3. The Hall–Kier alpha value is -3.18. The largest absolute Gasteiger partial charge is 0.422 e. The van der Waals surface area contributed by atoms with Crippen LogP contribution in [-0.4, -0.2) is 57.4 Å². The first-order valence-electron chi connectivity index (χ1n) is 13.1. The van der Waals surface area contributed by atoms with Gasteiger partial charge >= 0.3 is 6.18 Å². The Labute approximate surface area is 220 Å². The molecule has 0 atom stereocenters. The molecule has 0 bridgehead atoms. The van der Waals surface area contributed by atoms with E-state index < -0.39 is 17.6 Å². The molecule has 204 valence electrons. The first-order chi connectivity index (χ1) is 18.1. The zero-order chi connectivity index (χ0) is 27.0. The molecule has 2 fully saturated rings. The predicted octanol–water partition coefficient (Wildman–Crippen LogP) is 5.49. The van der Waals surface area contributed by atoms with Crippen LogP contribution in [0.4, 0.5) is 30.8 Å². The van der Waals surface area contributed by atoms with Crippen molar-refractivity contribution in [2.24, 2.45) is 0 Å². The van der Waals surface area contributed by atoms with Gasteiger partial charge in [0.15, 0.2) is 5.82 Å². The van der Waals surface area contributed by atoms with Crippen LogP contribution in [0.1, 0.15) is 59.5 Å². The number of nitrogens with one attached hydrogen (secondary N) is 2. The number of aryl methyl sites for hydroxylation is 3. The van der Waals surface area contributed by atoms with Crippen molar-refractivity contribution in [1.82, 2.24) is 25.1 Å². The lowest BCUT2D eigenvalue weighted by molar-refractivity contribution is -0.136. The predicted molar refractivity (Wildman–Crippen MR) is 140 cm³/mol. The fourth-order valence-corrected chi connectivity index (χ4v) is 5.86. The van der Waals surface area contributed by atoms with Crippen molar-refractivity contribution in [1.29, 1.82) is 0 Å². The summed E-state index contributed by atoms with van der Waals surface area (Å²) in [5.74, 6) is -0.0647. The van der Waals surface area contributed by atoms with Gasteiger partial charge in [-0.2, -0.15) is 23.3 Å². The van der Waals surface area contributed by atoms with E-state index in [1.165, 1.54) is 5.56 Å². The molecule has 1 saturated heterocycles. The quantitative estimate of drug-likeness (QED) is 0.401. The molecule has 0 unspecified atom stereocenters. The topological polar surface area (TPSA) is 105 Å². The number of alkyl halides is 3. The molecule has 4 N–H and O–H groups in total. The molecule has 5 rings (SSSR count). The number of nitrogens with two attached hydrogens (primary N) is 1. The van der Waals surface area contributed by atoms with Gasteiger partial charge in [-0.05, 0) is 75.1 Å². The Morgan fingerprint density at radius 2 is 1.71 bits per heavy atom. The number of rotatable bonds is 5. The minimum absolute atomic E-state index is 0.216. The number of benzene rings is 1. The number of ether oxygens (including phenoxy) is 1. The van der Waals surface area contributed by atoms with Crippen molar-refractivity contribution in [3.8, 4) is 11.3 Å². The summed E-state index contributed by atoms with van der Waals surface area (Å²) in [6.45, 7) is 9.13. The molecule has 3 aromatic rings. The van der Waals surface area contributed by atoms with Crippen LogP contribution in [-0.2, 0) is 10.9 Å². The summed E-state index contributed by atoms with van der Waals surface area (Å²) in [5.41, 5.74) is 8.70. The van der Waals surface area contributed by atoms with E-state index in [2.05, 4.69) is 30.4 Å². The summed E-state index contributed by atoms with van der Waals surface area (Å²) in [6.07, 6.45) is -0.353. The highest BCUT2D eigenvalue weighted by Crippen LogP contribution is 2.44. The molecule has 11 heteroatoms. The average molecular weight is 530 g/mol. The van der Waals surface area contributed by atoms with E-state index in [9.17, 15) is 13.2 Å². The zero-order valence-corrected chi connectivity index (χ0v) is 22.0. The number of hydrogen-bond acceptors (Lipinski definition) is 7. The van der Waals surface area contributed by atoms with Crippen LogP contribution in [0.3, 0.4) is 0 Å². The van der Waals surface area contributed by atoms with Gasteiger partial charge in [0.25, 0.3) is 0 Å². The maximum Gasteiger partial charge on any atom is 0.422 e. The third kappa shape index (κ3) is 5.49. The number of halogens is 3. The lowest BCUT2D eigenvalue weighted by Crippen LogP contribution is -2.44. The fourth-order valence-electron chi connectivity index (χ4n) is 5.86. The second-order valence-electron chi connectivity index (χ2n) is 10.4. The number of hydrogen-bond donors (Lipinski definition) is 3. The van der Waals surface area contributed by atoms with Gasteiger partial charge in [0.1, 0.15) is 11.4 Å². The molecule has 2 aromatic heterocycles. The molecule has 8 nitrogen and oxygen atoms in total. The smallest absolute Gasteiger partial charge is 0.379 e. The molecule has 3 heterocycles. The highest BCUT2D eigenvalue weighted by Gasteiger charge is 2.40. The Kier molecular flexibility index (Phi) is 7.32. The first-order valence-corrected chi connectivity index (χ1v) is 13.1. The van der Waals surface area contributed by atoms with Crippen LogP contribution in [0, 0.1) is 20.8 Å². The highest BCUT2D eigenvalue weighted by molar-refractivity contribution is 5.76. The molecule has 2 aliphatic rings. The van der Waals surface area contributed by atoms with Gasteiger partial charge < -0.3 is 15.8 Å². The van der Waals surface area contributed by atoms with Crippen molar-refractivity contribution in [2.45, 2.75) is 64.6 Å². The van der Waals surface area contributed by atoms with E-state index in [0.717, 1.165) is 63.1 Å². The normalized spacial score (nSPS) is 21.0. The summed E-state index contributed by atoms with van der Waals surface area (Å²) >= 11 is 0. The minimum atomic E-state index is -4.71. The Balaban J connectivity index is 1.45. The standard InChI is InChI=1S/C27H34F3N7O/c1-15-13-21(16(2)12-20(15)18-4-6-19(7-5-18)37-8-10-38-11-9-37)24-23(27(28,29)30)25(34-26(31)33-24)32-22-14-17(3)35-36-22/h12-14,18-19H,4-11H2,1-3H3,(H4,31,32,33,34,35,36)/t18-,19-. The summed E-state index contributed by atoms with van der Waals surface area (Å²) in [6, 6.07) is 6.03. The van der Waals surface area contributed by atoms with Gasteiger partial charge in [0.2, 0.25) is 5.95 Å². The minimum Gasteiger partial charge on any atom is -0.379 e. The molecular formula is C27H34F3N7O. The van der Waals surface area contributed by atoms with Crippen LogP contribution >= 0.6 is 0 Å². The molecular weight excluding hydrogens is 495 g/mol. The summed E-state index contributed by atoms with van der Waals surface area (Å²) in [4.78, 5) is 10.5. The third-order valence-electron chi connectivity index (χ3n) is 7.73. The average Bonchev–Trinajstić information content (AvgIpc) is 3.29. The van der Waals surface area contributed by atoms with E-state index in [4.69, 9.17) is 10.5 Å². The highest BCUT2D eigenvalue weighted by atomic mass is 19.4. The molecule has 1 aromatic carbocycles. The van der Waals surface area contributed by atoms with Crippen molar-refractivity contribution < 1.29 is 17.9 Å². The van der Waals surface area contributed by atoms with Gasteiger partial charge in [0, 0.05) is 36.5 Å². The maximum absolute atomic E-state index is 14.4. The second-order valence-corrected chi connectivity index (χ2v) is 10.4. The number of H-pyrrole nitrogens is 1. The van der Waals surface area contributed by atoms with E-state index in [0.29, 0.717) is 23.2 Å². The number of aromatic nitrogens is 4. The number of nitrogen functional groups attached to an aromatic ring is 1. The molecule has 1 aliphatic heterocycles. The second kappa shape index (κ2) is 10.5. The van der Waals surface area contributed by atoms with Gasteiger partial charge in [-0.15, -0.1) is 0 Å². The van der Waals surface area contributed by atoms with Crippen LogP contribution < -0.4 is 11.1 Å². The monoisotopic (exact) mass is 529 g/mol. The number of nitrogens with zero attached hydrogens (tertiary/aromatic N) is 4. The Morgan fingerprint density at radius 3 is 2.34 bits per heavy atom. The van der Waals surface area contributed by atoms with Crippen LogP contribution in [0.15, 0.2) is 18.2 Å². The van der Waals surface area contributed by atoms with E-state index in [-0.39, 0.29) is 17.5 Å². The van der Waals surface area contributed by atoms with Gasteiger partial charge in [-0.25, -0.2) is 4.98 Å². The summed E-state index contributed by atoms with van der Waals surface area (Å²) < 4.78 is 48.8. The molecule has 38 heavy (non-hydrogen) atoms. The Morgan fingerprint density at radius 1 is 1.00 bits per heavy atom. The summed E-state index contributed by atoms with van der Waals surface area (Å²) in [5, 5.41) is 9.36. The zero-order valence-electron chi connectivity index (χ0n) is 22.0. The van der Waals surface area contributed by atoms with Crippen molar-refractivity contribution in [2.75, 3.05) is 37.4 Å². The van der Waals surface area contributed by atoms with Crippen molar-refractivity contribution >= 4 is 17.6 Å². The molecule has 1 saturated carbocycles. The molecule has 1 aliphatic carbocycles. The van der Waals surface area contributed by atoms with Gasteiger partial charge in [0.05, 0.1) is 18.9 Å². The van der Waals surface area contributed by atoms with Crippen LogP contribution in [0.25, 0.3) is 11.3 Å². The molecule has 0 radical (unpaired) electrons. The SMILES string of the molecule is Cc1cc(Nc2nc(N)nc(-c3cc(C)c([C@H]4CC[C@H](N5CCOCC5)CC4)cc3C)c2C(F)(F)F)n[nH]1. The molecule has 0 spiro atoms. The van der Waals surface area contributed by atoms with Gasteiger partial charge in [-0.1, -0.05) is 6.07 Å². The van der Waals surface area contributed by atoms with Gasteiger partial charge in [-0.3, -0.25) is 10.00 Å². The van der Waals surface area contributed by atoms with Crippen LogP contribution in [0.5, 0.6) is 0 Å². The Bertz CT molecular complexity index is 1290.